The molecule has 0 aromatic rings. The Kier molecular flexibility index (Phi) is 20.6. The zero-order valence-electron chi connectivity index (χ0n) is 29.4. The maximum absolute atomic E-state index is 13.4. The van der Waals surface area contributed by atoms with E-state index >= 15 is 0 Å². The molecule has 21 nitrogen and oxygen atoms in total. The molecule has 0 unspecified atom stereocenters. The molecule has 0 aliphatic carbocycles. The second kappa shape index (κ2) is 22.8. The normalized spacial score (nSPS) is 15.2. The predicted molar refractivity (Wildman–Crippen MR) is 178 cm³/mol. The molecule has 0 aliphatic heterocycles. The number of nitrogens with one attached hydrogen (secondary N) is 6. The summed E-state index contributed by atoms with van der Waals surface area (Å²) in [7, 11) is 0. The molecule has 0 radical (unpaired) electrons. The van der Waals surface area contributed by atoms with Crippen molar-refractivity contribution in [2.24, 2.45) is 29.0 Å². The number of nitrogens with two attached hydrogens (primary N) is 3. The van der Waals surface area contributed by atoms with Gasteiger partial charge in [0.05, 0.1) is 25.7 Å². The average Bonchev–Trinajstić information content (AvgIpc) is 3.01. The van der Waals surface area contributed by atoms with Gasteiger partial charge in [-0.2, -0.15) is 0 Å². The number of primary amides is 2. The molecule has 0 saturated carbocycles. The summed E-state index contributed by atoms with van der Waals surface area (Å²) in [5, 5.41) is 41.7. The summed E-state index contributed by atoms with van der Waals surface area (Å²) in [4.78, 5) is 112. The minimum Gasteiger partial charge on any atom is -0.480 e. The second-order valence-corrected chi connectivity index (χ2v) is 12.8. The number of aliphatic hydroxyl groups excluding tert-OH is 2. The fourth-order valence-corrected chi connectivity index (χ4v) is 4.44. The third-order valence-corrected chi connectivity index (χ3v) is 7.12. The van der Waals surface area contributed by atoms with E-state index in [9.17, 15) is 53.4 Å². The number of hydrogen-bond acceptors (Lipinski definition) is 12. The largest absolute Gasteiger partial charge is 0.480 e. The van der Waals surface area contributed by atoms with Gasteiger partial charge in [0.1, 0.15) is 36.3 Å². The molecular weight excluding hydrogens is 678 g/mol. The van der Waals surface area contributed by atoms with Gasteiger partial charge in [-0.25, -0.2) is 4.79 Å². The highest BCUT2D eigenvalue weighted by atomic mass is 16.4. The fraction of sp³-hybridized carbons (Fsp3) is 0.700. The average molecular weight is 732 g/mol. The van der Waals surface area contributed by atoms with Crippen LogP contribution in [0.5, 0.6) is 0 Å². The summed E-state index contributed by atoms with van der Waals surface area (Å²) in [6, 6.07) is -10.2. The van der Waals surface area contributed by atoms with Crippen molar-refractivity contribution in [1.29, 1.82) is 0 Å². The Balaban J connectivity index is 5.95. The van der Waals surface area contributed by atoms with Crippen LogP contribution in [0, 0.1) is 11.8 Å². The van der Waals surface area contributed by atoms with E-state index in [0.717, 1.165) is 0 Å². The van der Waals surface area contributed by atoms with Crippen molar-refractivity contribution in [2.75, 3.05) is 13.2 Å². The van der Waals surface area contributed by atoms with E-state index in [1.165, 1.54) is 6.92 Å². The summed E-state index contributed by atoms with van der Waals surface area (Å²) in [5.74, 6) is -9.46. The minimum atomic E-state index is -1.74. The Bertz CT molecular complexity index is 1260. The van der Waals surface area contributed by atoms with Crippen LogP contribution in [0.2, 0.25) is 0 Å². The van der Waals surface area contributed by atoms with Crippen molar-refractivity contribution in [1.82, 2.24) is 31.9 Å². The molecule has 7 atom stereocenters. The maximum Gasteiger partial charge on any atom is 0.328 e. The smallest absolute Gasteiger partial charge is 0.328 e. The fourth-order valence-electron chi connectivity index (χ4n) is 4.44. The molecule has 8 amide bonds. The minimum absolute atomic E-state index is 0.0624. The van der Waals surface area contributed by atoms with Gasteiger partial charge >= 0.3 is 5.97 Å². The summed E-state index contributed by atoms with van der Waals surface area (Å²) in [6.45, 7) is 6.42. The summed E-state index contributed by atoms with van der Waals surface area (Å²) >= 11 is 0. The molecule has 0 heterocycles. The number of amides is 8. The molecule has 0 aromatic heterocycles. The Morgan fingerprint density at radius 2 is 0.961 bits per heavy atom. The van der Waals surface area contributed by atoms with Crippen molar-refractivity contribution in [2.45, 2.75) is 109 Å². The van der Waals surface area contributed by atoms with Crippen molar-refractivity contribution in [3.8, 4) is 0 Å². The predicted octanol–water partition coefficient (Wildman–Crippen LogP) is -5.46. The molecule has 0 rings (SSSR count). The molecule has 21 heteroatoms. The number of aliphatic carboxylic acids is 1. The van der Waals surface area contributed by atoms with Crippen molar-refractivity contribution in [3.63, 3.8) is 0 Å². The van der Waals surface area contributed by atoms with Gasteiger partial charge in [0.2, 0.25) is 47.3 Å². The van der Waals surface area contributed by atoms with E-state index in [2.05, 4.69) is 26.6 Å². The number of aliphatic hydroxyl groups is 2. The van der Waals surface area contributed by atoms with Crippen molar-refractivity contribution < 1.29 is 58.5 Å². The van der Waals surface area contributed by atoms with Crippen LogP contribution in [-0.2, 0) is 43.2 Å². The number of carbonyl (C=O) groups is 9. The first kappa shape index (κ1) is 46.1. The molecule has 0 aromatic carbocycles. The van der Waals surface area contributed by atoms with Crippen LogP contribution in [-0.4, -0.2) is 124 Å². The third-order valence-electron chi connectivity index (χ3n) is 7.12. The summed E-state index contributed by atoms with van der Waals surface area (Å²) < 4.78 is 0. The zero-order valence-corrected chi connectivity index (χ0v) is 29.4. The number of rotatable bonds is 24. The standard InChI is InChI=1S/C30H53N9O12/c1-13(2)8-16(31)25(45)34-15(5)24(44)38-20(11-40)29(49)37-19(10-23(33)43)28(48)36-18(9-14(3)4)27(47)35-17(6-7-22(32)42)26(46)39-21(12-41)30(50)51/h13-21,40-41H,6-12,31H2,1-5H3,(H2,32,42)(H2,33,43)(H,34,45)(H,35,47)(H,36,48)(H,37,49)(H,38,44)(H,39,46)(H,50,51)/t15-,16-,17-,18-,19-,20-,21-/m0/s1. The highest BCUT2D eigenvalue weighted by molar-refractivity contribution is 5.98. The number of hydrogen-bond donors (Lipinski definition) is 12. The number of carboxylic acids is 1. The van der Waals surface area contributed by atoms with Gasteiger partial charge < -0.3 is 64.4 Å². The van der Waals surface area contributed by atoms with Gasteiger partial charge in [0.15, 0.2) is 0 Å². The van der Waals surface area contributed by atoms with Gasteiger partial charge in [-0.3, -0.25) is 38.4 Å². The lowest BCUT2D eigenvalue weighted by atomic mass is 10.0. The van der Waals surface area contributed by atoms with Gasteiger partial charge in [-0.1, -0.05) is 27.7 Å². The van der Waals surface area contributed by atoms with Crippen molar-refractivity contribution in [3.05, 3.63) is 0 Å². The monoisotopic (exact) mass is 731 g/mol. The summed E-state index contributed by atoms with van der Waals surface area (Å²) in [5.41, 5.74) is 16.3. The van der Waals surface area contributed by atoms with Crippen LogP contribution in [0.1, 0.15) is 66.7 Å². The molecule has 0 aliphatic rings. The molecule has 0 spiro atoms. The van der Waals surface area contributed by atoms with Crippen molar-refractivity contribution >= 4 is 53.2 Å². The van der Waals surface area contributed by atoms with E-state index in [1.54, 1.807) is 13.8 Å². The maximum atomic E-state index is 13.4. The Morgan fingerprint density at radius 1 is 0.529 bits per heavy atom. The van der Waals surface area contributed by atoms with Crippen LogP contribution in [0.15, 0.2) is 0 Å². The number of carboxylic acid groups (broad SMARTS) is 1. The molecule has 51 heavy (non-hydrogen) atoms. The van der Waals surface area contributed by atoms with Crippen LogP contribution in [0.3, 0.4) is 0 Å². The SMILES string of the molecule is CC(C)C[C@H](NC(=O)[C@H](CC(N)=O)NC(=O)[C@H](CO)NC(=O)[C@H](C)NC(=O)[C@@H](N)CC(C)C)C(=O)N[C@@H](CCC(N)=O)C(=O)N[C@@H](CO)C(=O)O. The first-order chi connectivity index (χ1) is 23.6. The van der Waals surface area contributed by atoms with Gasteiger partial charge in [0, 0.05) is 6.42 Å². The van der Waals surface area contributed by atoms with E-state index in [-0.39, 0.29) is 24.7 Å². The van der Waals surface area contributed by atoms with Crippen LogP contribution in [0.25, 0.3) is 0 Å². The molecule has 0 saturated heterocycles. The molecular formula is C30H53N9O12. The Morgan fingerprint density at radius 3 is 1.43 bits per heavy atom. The first-order valence-corrected chi connectivity index (χ1v) is 16.2. The topological polar surface area (TPSA) is 365 Å². The van der Waals surface area contributed by atoms with Crippen LogP contribution < -0.4 is 49.1 Å². The van der Waals surface area contributed by atoms with Gasteiger partial charge in [-0.15, -0.1) is 0 Å². The highest BCUT2D eigenvalue weighted by Crippen LogP contribution is 2.09. The lowest BCUT2D eigenvalue weighted by Crippen LogP contribution is -2.60. The van der Waals surface area contributed by atoms with E-state index in [1.807, 2.05) is 19.2 Å². The lowest BCUT2D eigenvalue weighted by molar-refractivity contribution is -0.143. The molecule has 290 valence electrons. The van der Waals surface area contributed by atoms with Crippen LogP contribution >= 0.6 is 0 Å². The van der Waals surface area contributed by atoms with Crippen LogP contribution in [0.4, 0.5) is 0 Å². The zero-order chi connectivity index (χ0) is 39.6. The second-order valence-electron chi connectivity index (χ2n) is 12.8. The van der Waals surface area contributed by atoms with Gasteiger partial charge in [-0.05, 0) is 38.0 Å². The first-order valence-electron chi connectivity index (χ1n) is 16.2. The quantitative estimate of drug-likeness (QED) is 0.0441. The summed E-state index contributed by atoms with van der Waals surface area (Å²) in [6.07, 6.45) is -1.31. The van der Waals surface area contributed by atoms with E-state index < -0.39 is 122 Å². The van der Waals surface area contributed by atoms with E-state index in [0.29, 0.717) is 6.42 Å². The molecule has 15 N–H and O–H groups in total. The Labute approximate surface area is 294 Å². The van der Waals surface area contributed by atoms with Gasteiger partial charge in [0.25, 0.3) is 0 Å². The molecule has 0 fully saturated rings. The highest BCUT2D eigenvalue weighted by Gasteiger charge is 2.34. The third kappa shape index (κ3) is 18.1. The van der Waals surface area contributed by atoms with E-state index in [4.69, 9.17) is 22.3 Å². The Hall–Kier alpha value is -4.89. The molecule has 0 bridgehead atoms. The number of carbonyl (C=O) groups excluding carboxylic acids is 8. The lowest BCUT2D eigenvalue weighted by Gasteiger charge is -2.27.